The van der Waals surface area contributed by atoms with E-state index in [2.05, 4.69) is 10.1 Å². The smallest absolute Gasteiger partial charge is 0.277 e. The summed E-state index contributed by atoms with van der Waals surface area (Å²) in [4.78, 5) is 34.9. The maximum absolute atomic E-state index is 12.1. The number of H-pyrrole nitrogens is 1. The molecule has 0 saturated carbocycles. The SMILES string of the molecule is O=C(N/N=C/c1c[nH]c2ccccc12)c1cc([N+](=O)[O-])cc([N+](=O)[O-])c1[O-]. The van der Waals surface area contributed by atoms with Crippen LogP contribution in [0.4, 0.5) is 11.4 Å². The van der Waals surface area contributed by atoms with Gasteiger partial charge in [-0.25, -0.2) is 5.43 Å². The van der Waals surface area contributed by atoms with Gasteiger partial charge in [-0.2, -0.15) is 5.10 Å². The van der Waals surface area contributed by atoms with Gasteiger partial charge in [-0.1, -0.05) is 18.2 Å². The highest BCUT2D eigenvalue weighted by atomic mass is 16.6. The molecule has 0 aliphatic carbocycles. The van der Waals surface area contributed by atoms with Gasteiger partial charge in [0.15, 0.2) is 0 Å². The second kappa shape index (κ2) is 6.92. The number of carbonyl (C=O) groups is 1. The lowest BCUT2D eigenvalue weighted by Crippen LogP contribution is -2.20. The number of aromatic nitrogens is 1. The van der Waals surface area contributed by atoms with Crippen molar-refractivity contribution < 1.29 is 19.7 Å². The number of nitro benzene ring substituents is 2. The number of aromatic amines is 1. The molecule has 11 nitrogen and oxygen atoms in total. The van der Waals surface area contributed by atoms with Gasteiger partial charge in [-0.15, -0.1) is 0 Å². The number of non-ortho nitro benzene ring substituents is 1. The summed E-state index contributed by atoms with van der Waals surface area (Å²) in [5.41, 5.74) is 0.999. The van der Waals surface area contributed by atoms with Gasteiger partial charge in [-0.05, 0) is 11.8 Å². The number of carbonyl (C=O) groups excluding carboxylic acids is 1. The maximum Gasteiger partial charge on any atom is 0.277 e. The first kappa shape index (κ1) is 17.5. The molecule has 0 aliphatic rings. The number of nitrogens with zero attached hydrogens (tertiary/aromatic N) is 3. The van der Waals surface area contributed by atoms with Crippen LogP contribution in [0.2, 0.25) is 0 Å². The standard InChI is InChI=1S/C16H11N5O6/c22-15-12(5-10(20(24)25)6-14(15)21(26)27)16(23)19-18-8-9-7-17-13-4-2-1-3-11(9)13/h1-8,17,22H,(H,19,23)/p-1/b18-8+. The van der Waals surface area contributed by atoms with Crippen molar-refractivity contribution in [3.63, 3.8) is 0 Å². The molecule has 0 unspecified atom stereocenters. The fourth-order valence-electron chi connectivity index (χ4n) is 2.43. The van der Waals surface area contributed by atoms with Crippen LogP contribution in [-0.2, 0) is 0 Å². The monoisotopic (exact) mass is 368 g/mol. The molecule has 0 aliphatic heterocycles. The molecular weight excluding hydrogens is 358 g/mol. The normalized spacial score (nSPS) is 11.0. The Bertz CT molecular complexity index is 1100. The molecule has 0 atom stereocenters. The van der Waals surface area contributed by atoms with E-state index >= 15 is 0 Å². The summed E-state index contributed by atoms with van der Waals surface area (Å²) in [5.74, 6) is -2.33. The minimum absolute atomic E-state index is 0.508. The van der Waals surface area contributed by atoms with Crippen molar-refractivity contribution in [2.24, 2.45) is 5.10 Å². The van der Waals surface area contributed by atoms with Crippen LogP contribution in [-0.4, -0.2) is 27.0 Å². The van der Waals surface area contributed by atoms with E-state index in [0.29, 0.717) is 17.7 Å². The number of para-hydroxylation sites is 1. The van der Waals surface area contributed by atoms with E-state index in [-0.39, 0.29) is 0 Å². The number of benzene rings is 2. The number of rotatable bonds is 5. The van der Waals surface area contributed by atoms with E-state index in [0.717, 1.165) is 10.9 Å². The van der Waals surface area contributed by atoms with Crippen molar-refractivity contribution >= 4 is 34.4 Å². The topological polar surface area (TPSA) is 167 Å². The molecule has 1 amide bonds. The summed E-state index contributed by atoms with van der Waals surface area (Å²) in [5, 5.41) is 38.3. The van der Waals surface area contributed by atoms with E-state index in [1.807, 2.05) is 29.7 Å². The quantitative estimate of drug-likeness (QED) is 0.396. The number of nitro groups is 2. The highest BCUT2D eigenvalue weighted by Crippen LogP contribution is 2.32. The van der Waals surface area contributed by atoms with Crippen LogP contribution in [0.5, 0.6) is 5.75 Å². The van der Waals surface area contributed by atoms with Crippen molar-refractivity contribution in [2.45, 2.75) is 0 Å². The van der Waals surface area contributed by atoms with Crippen molar-refractivity contribution in [3.8, 4) is 5.75 Å². The second-order valence-electron chi connectivity index (χ2n) is 5.34. The van der Waals surface area contributed by atoms with E-state index in [4.69, 9.17) is 0 Å². The molecule has 2 N–H and O–H groups in total. The lowest BCUT2D eigenvalue weighted by molar-refractivity contribution is -0.403. The molecule has 0 saturated heterocycles. The van der Waals surface area contributed by atoms with Crippen LogP contribution in [0.1, 0.15) is 15.9 Å². The Kier molecular flexibility index (Phi) is 4.49. The van der Waals surface area contributed by atoms with E-state index in [1.165, 1.54) is 6.21 Å². The average molecular weight is 368 g/mol. The Balaban J connectivity index is 1.87. The number of amides is 1. The summed E-state index contributed by atoms with van der Waals surface area (Å²) in [6.45, 7) is 0. The lowest BCUT2D eigenvalue weighted by atomic mass is 10.1. The Morgan fingerprint density at radius 3 is 2.59 bits per heavy atom. The Morgan fingerprint density at radius 1 is 1.15 bits per heavy atom. The fraction of sp³-hybridized carbons (Fsp3) is 0. The molecule has 3 rings (SSSR count). The zero-order chi connectivity index (χ0) is 19.6. The highest BCUT2D eigenvalue weighted by molar-refractivity contribution is 6.01. The summed E-state index contributed by atoms with van der Waals surface area (Å²) >= 11 is 0. The summed E-state index contributed by atoms with van der Waals surface area (Å²) in [7, 11) is 0. The Hall–Kier alpha value is -4.28. The van der Waals surface area contributed by atoms with Crippen LogP contribution >= 0.6 is 0 Å². The van der Waals surface area contributed by atoms with Crippen LogP contribution in [0.25, 0.3) is 10.9 Å². The third-order valence-corrected chi connectivity index (χ3v) is 3.70. The van der Waals surface area contributed by atoms with Gasteiger partial charge in [0.05, 0.1) is 22.1 Å². The van der Waals surface area contributed by atoms with Gasteiger partial charge in [0, 0.05) is 34.3 Å². The van der Waals surface area contributed by atoms with Crippen LogP contribution < -0.4 is 10.5 Å². The van der Waals surface area contributed by atoms with Gasteiger partial charge >= 0.3 is 0 Å². The summed E-state index contributed by atoms with van der Waals surface area (Å²) in [6, 6.07) is 8.51. The minimum Gasteiger partial charge on any atom is -0.867 e. The summed E-state index contributed by atoms with van der Waals surface area (Å²) in [6.07, 6.45) is 2.96. The Morgan fingerprint density at radius 2 is 1.89 bits per heavy atom. The van der Waals surface area contributed by atoms with Gasteiger partial charge in [0.2, 0.25) is 0 Å². The number of hydrogen-bond donors (Lipinski definition) is 2. The zero-order valence-electron chi connectivity index (χ0n) is 13.4. The lowest BCUT2D eigenvalue weighted by Gasteiger charge is -2.11. The predicted octanol–water partition coefficient (Wildman–Crippen LogP) is 1.82. The first-order valence-electron chi connectivity index (χ1n) is 7.42. The highest BCUT2D eigenvalue weighted by Gasteiger charge is 2.22. The Labute approximate surface area is 150 Å². The van der Waals surface area contributed by atoms with Crippen LogP contribution in [0, 0.1) is 20.2 Å². The summed E-state index contributed by atoms with van der Waals surface area (Å²) < 4.78 is 0. The molecule has 136 valence electrons. The molecular formula is C16H10N5O6-. The minimum atomic E-state index is -1.23. The number of hydrazone groups is 1. The largest absolute Gasteiger partial charge is 0.867 e. The molecule has 1 aromatic heterocycles. The maximum atomic E-state index is 12.1. The first-order valence-corrected chi connectivity index (χ1v) is 7.42. The predicted molar refractivity (Wildman–Crippen MR) is 92.6 cm³/mol. The van der Waals surface area contributed by atoms with Crippen molar-refractivity contribution in [1.82, 2.24) is 10.4 Å². The molecule has 0 fully saturated rings. The number of hydrogen-bond acceptors (Lipinski definition) is 7. The second-order valence-corrected chi connectivity index (χ2v) is 5.34. The van der Waals surface area contributed by atoms with E-state index < -0.39 is 38.4 Å². The van der Waals surface area contributed by atoms with Crippen molar-refractivity contribution in [1.29, 1.82) is 0 Å². The number of nitrogens with one attached hydrogen (secondary N) is 2. The van der Waals surface area contributed by atoms with Crippen molar-refractivity contribution in [3.05, 3.63) is 74.0 Å². The molecule has 0 spiro atoms. The molecule has 11 heteroatoms. The van der Waals surface area contributed by atoms with Crippen LogP contribution in [0.15, 0.2) is 47.7 Å². The molecule has 27 heavy (non-hydrogen) atoms. The number of fused-ring (bicyclic) bond motifs is 1. The molecule has 3 aromatic rings. The average Bonchev–Trinajstić information content (AvgIpc) is 3.04. The zero-order valence-corrected chi connectivity index (χ0v) is 13.4. The third kappa shape index (κ3) is 3.42. The van der Waals surface area contributed by atoms with Gasteiger partial charge in [0.1, 0.15) is 0 Å². The third-order valence-electron chi connectivity index (χ3n) is 3.70. The van der Waals surface area contributed by atoms with Crippen molar-refractivity contribution in [2.75, 3.05) is 0 Å². The fourth-order valence-corrected chi connectivity index (χ4v) is 2.43. The van der Waals surface area contributed by atoms with E-state index in [9.17, 15) is 30.1 Å². The molecule has 0 radical (unpaired) electrons. The van der Waals surface area contributed by atoms with Crippen LogP contribution in [0.3, 0.4) is 0 Å². The van der Waals surface area contributed by atoms with Gasteiger partial charge < -0.3 is 10.1 Å². The molecule has 0 bridgehead atoms. The first-order chi connectivity index (χ1) is 12.9. The molecule has 2 aromatic carbocycles. The van der Waals surface area contributed by atoms with E-state index in [1.54, 1.807) is 6.20 Å². The van der Waals surface area contributed by atoms with Gasteiger partial charge in [-0.3, -0.25) is 25.0 Å². The molecule has 1 heterocycles. The van der Waals surface area contributed by atoms with Gasteiger partial charge in [0.25, 0.3) is 17.3 Å².